The Kier molecular flexibility index (Phi) is 2.96. The Balaban J connectivity index is 1.69. The monoisotopic (exact) mass is 231 g/mol. The standard InChI is InChI=1S/C13H17N3O/c1-4-12-14-6-7-16(12)13(5-1)15-9-11-3-2-8-17-10-11/h1,4-7,11,15H,2-3,8-10H2. The first-order chi connectivity index (χ1) is 8.43. The van der Waals surface area contributed by atoms with Gasteiger partial charge in [-0.2, -0.15) is 0 Å². The van der Waals surface area contributed by atoms with Crippen LogP contribution in [0.15, 0.2) is 30.6 Å². The Morgan fingerprint density at radius 2 is 2.47 bits per heavy atom. The third-order valence-electron chi connectivity index (χ3n) is 3.25. The maximum Gasteiger partial charge on any atom is 0.138 e. The molecule has 17 heavy (non-hydrogen) atoms. The van der Waals surface area contributed by atoms with E-state index < -0.39 is 0 Å². The second-order valence-electron chi connectivity index (χ2n) is 4.53. The van der Waals surface area contributed by atoms with Gasteiger partial charge in [0.05, 0.1) is 6.61 Å². The Hall–Kier alpha value is -1.55. The molecule has 1 N–H and O–H groups in total. The highest BCUT2D eigenvalue weighted by molar-refractivity contribution is 5.49. The molecule has 0 saturated carbocycles. The van der Waals surface area contributed by atoms with Crippen LogP contribution in [0.25, 0.3) is 5.65 Å². The number of ether oxygens (including phenoxy) is 1. The largest absolute Gasteiger partial charge is 0.381 e. The molecule has 1 unspecified atom stereocenters. The lowest BCUT2D eigenvalue weighted by atomic mass is 10.0. The summed E-state index contributed by atoms with van der Waals surface area (Å²) >= 11 is 0. The molecule has 1 atom stereocenters. The fraction of sp³-hybridized carbons (Fsp3) is 0.462. The quantitative estimate of drug-likeness (QED) is 0.880. The zero-order valence-corrected chi connectivity index (χ0v) is 9.80. The molecule has 4 heteroatoms. The van der Waals surface area contributed by atoms with Crippen LogP contribution in [0.2, 0.25) is 0 Å². The predicted octanol–water partition coefficient (Wildman–Crippen LogP) is 2.17. The molecule has 0 aromatic carbocycles. The van der Waals surface area contributed by atoms with Gasteiger partial charge in [-0.05, 0) is 30.9 Å². The molecular formula is C13H17N3O. The average molecular weight is 231 g/mol. The molecule has 90 valence electrons. The van der Waals surface area contributed by atoms with Crippen molar-refractivity contribution in [3.8, 4) is 0 Å². The van der Waals surface area contributed by atoms with E-state index in [0.717, 1.165) is 31.2 Å². The molecular weight excluding hydrogens is 214 g/mol. The van der Waals surface area contributed by atoms with Gasteiger partial charge >= 0.3 is 0 Å². The summed E-state index contributed by atoms with van der Waals surface area (Å²) in [5.74, 6) is 1.73. The smallest absolute Gasteiger partial charge is 0.138 e. The van der Waals surface area contributed by atoms with Crippen LogP contribution in [-0.4, -0.2) is 29.1 Å². The van der Waals surface area contributed by atoms with Crippen molar-refractivity contribution in [2.75, 3.05) is 25.1 Å². The van der Waals surface area contributed by atoms with Crippen molar-refractivity contribution in [2.24, 2.45) is 5.92 Å². The molecule has 0 aliphatic carbocycles. The van der Waals surface area contributed by atoms with E-state index >= 15 is 0 Å². The minimum Gasteiger partial charge on any atom is -0.381 e. The van der Waals surface area contributed by atoms with Gasteiger partial charge in [-0.25, -0.2) is 4.98 Å². The van der Waals surface area contributed by atoms with E-state index in [0.29, 0.717) is 5.92 Å². The van der Waals surface area contributed by atoms with Crippen molar-refractivity contribution < 1.29 is 4.74 Å². The Labute approximate surface area is 101 Å². The molecule has 1 aliphatic heterocycles. The normalized spacial score (nSPS) is 20.6. The SMILES string of the molecule is c1cc(NCC2CCCOC2)n2ccnc2c1. The first-order valence-electron chi connectivity index (χ1n) is 6.17. The van der Waals surface area contributed by atoms with Crippen molar-refractivity contribution in [3.05, 3.63) is 30.6 Å². The first-order valence-corrected chi connectivity index (χ1v) is 6.17. The molecule has 0 spiro atoms. The summed E-state index contributed by atoms with van der Waals surface area (Å²) in [5.41, 5.74) is 0.981. The Morgan fingerprint density at radius 1 is 1.47 bits per heavy atom. The summed E-state index contributed by atoms with van der Waals surface area (Å²) in [7, 11) is 0. The molecule has 2 aromatic rings. The number of anilines is 1. The summed E-state index contributed by atoms with van der Waals surface area (Å²) in [6, 6.07) is 6.12. The minimum atomic E-state index is 0.627. The molecule has 0 radical (unpaired) electrons. The number of imidazole rings is 1. The van der Waals surface area contributed by atoms with Gasteiger partial charge in [-0.1, -0.05) is 6.07 Å². The predicted molar refractivity (Wildman–Crippen MR) is 67.2 cm³/mol. The molecule has 3 rings (SSSR count). The van der Waals surface area contributed by atoms with Crippen LogP contribution in [0.3, 0.4) is 0 Å². The number of rotatable bonds is 3. The molecule has 4 nitrogen and oxygen atoms in total. The van der Waals surface area contributed by atoms with Crippen LogP contribution >= 0.6 is 0 Å². The van der Waals surface area contributed by atoms with E-state index in [2.05, 4.69) is 20.8 Å². The minimum absolute atomic E-state index is 0.627. The zero-order valence-electron chi connectivity index (χ0n) is 9.80. The highest BCUT2D eigenvalue weighted by Crippen LogP contribution is 2.16. The van der Waals surface area contributed by atoms with Crippen LogP contribution in [0.1, 0.15) is 12.8 Å². The van der Waals surface area contributed by atoms with E-state index in [1.807, 2.05) is 24.5 Å². The van der Waals surface area contributed by atoms with Gasteiger partial charge < -0.3 is 10.1 Å². The summed E-state index contributed by atoms with van der Waals surface area (Å²) in [5, 5.41) is 3.49. The number of aromatic nitrogens is 2. The van der Waals surface area contributed by atoms with Crippen LogP contribution in [-0.2, 0) is 4.74 Å². The Bertz CT molecular complexity index is 488. The second-order valence-corrected chi connectivity index (χ2v) is 4.53. The van der Waals surface area contributed by atoms with Gasteiger partial charge in [0.1, 0.15) is 11.5 Å². The number of nitrogens with zero attached hydrogens (tertiary/aromatic N) is 2. The first kappa shape index (κ1) is 10.6. The summed E-state index contributed by atoms with van der Waals surface area (Å²) < 4.78 is 7.56. The van der Waals surface area contributed by atoms with Crippen molar-refractivity contribution in [3.63, 3.8) is 0 Å². The summed E-state index contributed by atoms with van der Waals surface area (Å²) in [4.78, 5) is 4.27. The molecule has 3 heterocycles. The van der Waals surface area contributed by atoms with E-state index in [1.54, 1.807) is 0 Å². The van der Waals surface area contributed by atoms with Gasteiger partial charge in [-0.3, -0.25) is 4.40 Å². The fourth-order valence-electron chi connectivity index (χ4n) is 2.31. The lowest BCUT2D eigenvalue weighted by molar-refractivity contribution is 0.0594. The molecule has 2 aromatic heterocycles. The lowest BCUT2D eigenvalue weighted by Crippen LogP contribution is -2.24. The van der Waals surface area contributed by atoms with Gasteiger partial charge in [0.2, 0.25) is 0 Å². The molecule has 1 fully saturated rings. The van der Waals surface area contributed by atoms with Crippen LogP contribution < -0.4 is 5.32 Å². The number of pyridine rings is 1. The van der Waals surface area contributed by atoms with E-state index in [1.165, 1.54) is 12.8 Å². The maximum atomic E-state index is 5.48. The fourth-order valence-corrected chi connectivity index (χ4v) is 2.31. The number of hydrogen-bond donors (Lipinski definition) is 1. The van der Waals surface area contributed by atoms with E-state index in [-0.39, 0.29) is 0 Å². The van der Waals surface area contributed by atoms with Crippen molar-refractivity contribution >= 4 is 11.5 Å². The van der Waals surface area contributed by atoms with Gasteiger partial charge in [-0.15, -0.1) is 0 Å². The number of fused-ring (bicyclic) bond motifs is 1. The third-order valence-corrected chi connectivity index (χ3v) is 3.25. The summed E-state index contributed by atoms with van der Waals surface area (Å²) in [6.07, 6.45) is 6.24. The number of nitrogens with one attached hydrogen (secondary N) is 1. The van der Waals surface area contributed by atoms with Crippen molar-refractivity contribution in [1.29, 1.82) is 0 Å². The van der Waals surface area contributed by atoms with Crippen LogP contribution in [0.4, 0.5) is 5.82 Å². The highest BCUT2D eigenvalue weighted by Gasteiger charge is 2.13. The van der Waals surface area contributed by atoms with Crippen LogP contribution in [0.5, 0.6) is 0 Å². The lowest BCUT2D eigenvalue weighted by Gasteiger charge is -2.22. The van der Waals surface area contributed by atoms with E-state index in [4.69, 9.17) is 4.74 Å². The molecule has 0 bridgehead atoms. The molecule has 0 amide bonds. The second kappa shape index (κ2) is 4.75. The van der Waals surface area contributed by atoms with Crippen molar-refractivity contribution in [2.45, 2.75) is 12.8 Å². The van der Waals surface area contributed by atoms with Gasteiger partial charge in [0.25, 0.3) is 0 Å². The van der Waals surface area contributed by atoms with Crippen LogP contribution in [0, 0.1) is 5.92 Å². The van der Waals surface area contributed by atoms with E-state index in [9.17, 15) is 0 Å². The van der Waals surface area contributed by atoms with Crippen molar-refractivity contribution in [1.82, 2.24) is 9.38 Å². The maximum absolute atomic E-state index is 5.48. The van der Waals surface area contributed by atoms with Gasteiger partial charge in [0, 0.05) is 25.5 Å². The topological polar surface area (TPSA) is 38.6 Å². The average Bonchev–Trinajstić information content (AvgIpc) is 2.86. The highest BCUT2D eigenvalue weighted by atomic mass is 16.5. The number of hydrogen-bond acceptors (Lipinski definition) is 3. The molecule has 1 saturated heterocycles. The third kappa shape index (κ3) is 2.26. The van der Waals surface area contributed by atoms with Gasteiger partial charge in [0.15, 0.2) is 0 Å². The molecule has 1 aliphatic rings. The Morgan fingerprint density at radius 3 is 3.35 bits per heavy atom. The zero-order chi connectivity index (χ0) is 11.5. The summed E-state index contributed by atoms with van der Waals surface area (Å²) in [6.45, 7) is 2.78.